The molecule has 2 aromatic heterocycles. The zero-order valence-corrected chi connectivity index (χ0v) is 10.9. The smallest absolute Gasteiger partial charge is 0.422 e. The molecule has 1 aliphatic heterocycles. The van der Waals surface area contributed by atoms with Crippen LogP contribution in [0.25, 0.3) is 11.0 Å². The first kappa shape index (κ1) is 12.6. The molecule has 1 fully saturated rings. The number of fused-ring (bicyclic) bond motifs is 1. The van der Waals surface area contributed by atoms with E-state index in [4.69, 9.17) is 10.0 Å². The van der Waals surface area contributed by atoms with Gasteiger partial charge in [-0.15, -0.1) is 0 Å². The molecule has 0 saturated carbocycles. The third kappa shape index (κ3) is 2.49. The number of likely N-dealkylation sites (tertiary alicyclic amines) is 1. The van der Waals surface area contributed by atoms with Gasteiger partial charge in [0.2, 0.25) is 0 Å². The Morgan fingerprint density at radius 3 is 2.63 bits per heavy atom. The maximum absolute atomic E-state index is 9.13. The van der Waals surface area contributed by atoms with Gasteiger partial charge in [-0.1, -0.05) is 0 Å². The average molecular weight is 260 g/mol. The summed E-state index contributed by atoms with van der Waals surface area (Å²) in [5.41, 5.74) is 1.77. The average Bonchev–Trinajstić information content (AvgIpc) is 2.82. The number of pyridine rings is 1. The second-order valence-electron chi connectivity index (χ2n) is 5.16. The van der Waals surface area contributed by atoms with Crippen LogP contribution >= 0.6 is 0 Å². The largest absolute Gasteiger partial charge is 0.508 e. The molecule has 0 unspecified atom stereocenters. The van der Waals surface area contributed by atoms with Gasteiger partial charge in [0.1, 0.15) is 11.0 Å². The molecule has 3 rings (SSSR count). The molecular weight excluding hydrogens is 243 g/mol. The maximum Gasteiger partial charge on any atom is 0.508 e. The van der Waals surface area contributed by atoms with Gasteiger partial charge in [0, 0.05) is 0 Å². The Morgan fingerprint density at radius 1 is 1.21 bits per heavy atom. The van der Waals surface area contributed by atoms with Gasteiger partial charge in [0.25, 0.3) is 0 Å². The van der Waals surface area contributed by atoms with E-state index in [1.165, 1.54) is 0 Å². The van der Waals surface area contributed by atoms with E-state index < -0.39 is 7.12 Å². The molecule has 2 N–H and O–H groups in total. The minimum absolute atomic E-state index is 0.260. The Labute approximate surface area is 111 Å². The number of rotatable bonds is 2. The predicted octanol–water partition coefficient (Wildman–Crippen LogP) is -0.622. The lowest BCUT2D eigenvalue weighted by molar-refractivity contribution is 0.213. The molecule has 0 atom stereocenters. The van der Waals surface area contributed by atoms with Crippen molar-refractivity contribution in [3.63, 3.8) is 0 Å². The van der Waals surface area contributed by atoms with Crippen molar-refractivity contribution in [2.45, 2.75) is 18.9 Å². The van der Waals surface area contributed by atoms with E-state index in [-0.39, 0.29) is 5.59 Å². The van der Waals surface area contributed by atoms with Crippen molar-refractivity contribution in [1.29, 1.82) is 0 Å². The highest BCUT2D eigenvalue weighted by atomic mass is 16.4. The topological polar surface area (TPSA) is 74.4 Å². The SMILES string of the molecule is CN1CCC(n2cc3nc(B(O)O)ccc3n2)CC1. The number of aromatic nitrogens is 3. The van der Waals surface area contributed by atoms with Crippen LogP contribution in [-0.4, -0.2) is 57.0 Å². The summed E-state index contributed by atoms with van der Waals surface area (Å²) in [7, 11) is 0.600. The molecular formula is C12H17BN4O2. The second-order valence-corrected chi connectivity index (χ2v) is 5.16. The van der Waals surface area contributed by atoms with E-state index in [1.807, 2.05) is 10.9 Å². The van der Waals surface area contributed by atoms with Crippen LogP contribution in [0.5, 0.6) is 0 Å². The molecule has 1 saturated heterocycles. The highest BCUT2D eigenvalue weighted by Gasteiger charge is 2.20. The lowest BCUT2D eigenvalue weighted by Crippen LogP contribution is -2.32. The van der Waals surface area contributed by atoms with Crippen LogP contribution in [0.15, 0.2) is 18.3 Å². The molecule has 0 radical (unpaired) electrons. The van der Waals surface area contributed by atoms with Crippen molar-refractivity contribution in [3.05, 3.63) is 18.3 Å². The molecule has 1 aliphatic rings. The van der Waals surface area contributed by atoms with Crippen LogP contribution in [0.2, 0.25) is 0 Å². The van der Waals surface area contributed by atoms with Crippen molar-refractivity contribution in [3.8, 4) is 0 Å². The number of nitrogens with zero attached hydrogens (tertiary/aromatic N) is 4. The van der Waals surface area contributed by atoms with Crippen LogP contribution in [-0.2, 0) is 0 Å². The zero-order valence-electron chi connectivity index (χ0n) is 10.9. The quantitative estimate of drug-likeness (QED) is 0.704. The highest BCUT2D eigenvalue weighted by Crippen LogP contribution is 2.22. The summed E-state index contributed by atoms with van der Waals surface area (Å²) in [6.45, 7) is 2.16. The first-order valence-electron chi connectivity index (χ1n) is 6.54. The van der Waals surface area contributed by atoms with Crippen LogP contribution in [0.4, 0.5) is 0 Å². The molecule has 3 heterocycles. The molecule has 0 spiro atoms. The summed E-state index contributed by atoms with van der Waals surface area (Å²) in [6, 6.07) is 3.79. The summed E-state index contributed by atoms with van der Waals surface area (Å²) in [5.74, 6) is 0. The van der Waals surface area contributed by atoms with Gasteiger partial charge in [-0.2, -0.15) is 5.10 Å². The van der Waals surface area contributed by atoms with E-state index in [0.717, 1.165) is 31.4 Å². The maximum atomic E-state index is 9.13. The minimum Gasteiger partial charge on any atom is -0.422 e. The Morgan fingerprint density at radius 2 is 1.95 bits per heavy atom. The standard InChI is InChI=1S/C12H17BN4O2/c1-16-6-4-9(5-7-16)17-8-11-10(15-17)2-3-12(14-11)13(18)19/h2-3,8-9,18-19H,4-7H2,1H3. The fourth-order valence-corrected chi connectivity index (χ4v) is 2.53. The molecule has 19 heavy (non-hydrogen) atoms. The molecule has 6 nitrogen and oxygen atoms in total. The lowest BCUT2D eigenvalue weighted by Gasteiger charge is -2.28. The van der Waals surface area contributed by atoms with Crippen molar-refractivity contribution in [2.24, 2.45) is 0 Å². The zero-order chi connectivity index (χ0) is 13.4. The van der Waals surface area contributed by atoms with Gasteiger partial charge in [0.05, 0.1) is 17.8 Å². The molecule has 0 amide bonds. The predicted molar refractivity (Wildman–Crippen MR) is 73.1 cm³/mol. The third-order valence-electron chi connectivity index (χ3n) is 3.73. The summed E-state index contributed by atoms with van der Waals surface area (Å²) in [6.07, 6.45) is 4.07. The second kappa shape index (κ2) is 4.92. The van der Waals surface area contributed by atoms with Crippen LogP contribution in [0.3, 0.4) is 0 Å². The van der Waals surface area contributed by atoms with Gasteiger partial charge >= 0.3 is 7.12 Å². The van der Waals surface area contributed by atoms with E-state index in [0.29, 0.717) is 11.6 Å². The van der Waals surface area contributed by atoms with Gasteiger partial charge in [-0.3, -0.25) is 9.67 Å². The Kier molecular flexibility index (Phi) is 3.26. The molecule has 7 heteroatoms. The first-order chi connectivity index (χ1) is 9.13. The van der Waals surface area contributed by atoms with Crippen molar-refractivity contribution >= 4 is 23.7 Å². The van der Waals surface area contributed by atoms with Crippen LogP contribution < -0.4 is 5.59 Å². The van der Waals surface area contributed by atoms with Gasteiger partial charge in [-0.05, 0) is 45.1 Å². The number of hydrogen-bond acceptors (Lipinski definition) is 5. The third-order valence-corrected chi connectivity index (χ3v) is 3.73. The monoisotopic (exact) mass is 260 g/mol. The number of piperidine rings is 1. The van der Waals surface area contributed by atoms with E-state index in [9.17, 15) is 0 Å². The number of hydrogen-bond donors (Lipinski definition) is 2. The molecule has 0 aliphatic carbocycles. The van der Waals surface area contributed by atoms with Gasteiger partial charge < -0.3 is 14.9 Å². The Balaban J connectivity index is 1.89. The van der Waals surface area contributed by atoms with E-state index >= 15 is 0 Å². The summed E-state index contributed by atoms with van der Waals surface area (Å²) < 4.78 is 1.97. The van der Waals surface area contributed by atoms with E-state index in [2.05, 4.69) is 22.0 Å². The fraction of sp³-hybridized carbons (Fsp3) is 0.500. The first-order valence-corrected chi connectivity index (χ1v) is 6.54. The Bertz CT molecular complexity index is 578. The fourth-order valence-electron chi connectivity index (χ4n) is 2.53. The molecule has 100 valence electrons. The summed E-state index contributed by atoms with van der Waals surface area (Å²) >= 11 is 0. The van der Waals surface area contributed by atoms with E-state index in [1.54, 1.807) is 12.1 Å². The normalized spacial score (nSPS) is 18.1. The molecule has 0 bridgehead atoms. The Hall–Kier alpha value is -1.44. The summed E-state index contributed by atoms with van der Waals surface area (Å²) in [5, 5.41) is 22.8. The van der Waals surface area contributed by atoms with Crippen molar-refractivity contribution in [1.82, 2.24) is 19.7 Å². The van der Waals surface area contributed by atoms with Gasteiger partial charge in [-0.25, -0.2) is 0 Å². The van der Waals surface area contributed by atoms with Crippen molar-refractivity contribution < 1.29 is 10.0 Å². The van der Waals surface area contributed by atoms with Crippen LogP contribution in [0, 0.1) is 0 Å². The highest BCUT2D eigenvalue weighted by molar-refractivity contribution is 6.57. The molecule has 0 aromatic carbocycles. The van der Waals surface area contributed by atoms with Gasteiger partial charge in [0.15, 0.2) is 0 Å². The minimum atomic E-state index is -1.53. The molecule has 2 aromatic rings. The lowest BCUT2D eigenvalue weighted by atomic mass is 9.86. The summed E-state index contributed by atoms with van der Waals surface area (Å²) in [4.78, 5) is 6.53. The van der Waals surface area contributed by atoms with Crippen LogP contribution in [0.1, 0.15) is 18.9 Å². The van der Waals surface area contributed by atoms with Crippen molar-refractivity contribution in [2.75, 3.05) is 20.1 Å².